The lowest BCUT2D eigenvalue weighted by Crippen LogP contribution is -2.05. The molecule has 0 unspecified atom stereocenters. The Bertz CT molecular complexity index is 559. The monoisotopic (exact) mass is 226 g/mol. The second kappa shape index (κ2) is 4.14. The molecular formula is C10H7ClO4. The summed E-state index contributed by atoms with van der Waals surface area (Å²) in [6.07, 6.45) is 0. The van der Waals surface area contributed by atoms with Crippen molar-refractivity contribution < 1.29 is 14.3 Å². The average Bonchev–Trinajstić information content (AvgIpc) is 2.17. The van der Waals surface area contributed by atoms with Gasteiger partial charge in [0.15, 0.2) is 5.43 Å². The first kappa shape index (κ1) is 11.3. The van der Waals surface area contributed by atoms with Gasteiger partial charge in [-0.2, -0.15) is 0 Å². The highest BCUT2D eigenvalue weighted by atomic mass is 35.5. The first-order valence-electron chi connectivity index (χ1n) is 3.94. The maximum Gasteiger partial charge on any atom is 0.371 e. The van der Waals surface area contributed by atoms with Crippen molar-refractivity contribution in [1.82, 2.24) is 0 Å². The van der Waals surface area contributed by atoms with Crippen molar-refractivity contribution in [3.8, 4) is 0 Å². The smallest absolute Gasteiger partial charge is 0.371 e. The highest BCUT2D eigenvalue weighted by molar-refractivity contribution is 5.87. The molecule has 0 fully saturated rings. The van der Waals surface area contributed by atoms with E-state index in [1.165, 1.54) is 0 Å². The molecule has 2 aromatic rings. The molecule has 78 valence electrons. The lowest BCUT2D eigenvalue weighted by atomic mass is 10.2. The number of benzene rings is 1. The summed E-state index contributed by atoms with van der Waals surface area (Å²) in [6.45, 7) is 0. The van der Waals surface area contributed by atoms with Gasteiger partial charge >= 0.3 is 5.97 Å². The summed E-state index contributed by atoms with van der Waals surface area (Å²) in [4.78, 5) is 21.9. The third-order valence-electron chi connectivity index (χ3n) is 1.85. The fourth-order valence-corrected chi connectivity index (χ4v) is 1.21. The molecule has 1 N–H and O–H groups in total. The highest BCUT2D eigenvalue weighted by Gasteiger charge is 2.09. The summed E-state index contributed by atoms with van der Waals surface area (Å²) in [5.41, 5.74) is -0.0540. The van der Waals surface area contributed by atoms with Crippen LogP contribution in [0.1, 0.15) is 10.6 Å². The van der Waals surface area contributed by atoms with Gasteiger partial charge in [-0.25, -0.2) is 4.79 Å². The molecule has 1 heterocycles. The van der Waals surface area contributed by atoms with E-state index >= 15 is 0 Å². The number of halogens is 1. The van der Waals surface area contributed by atoms with Crippen LogP contribution in [0.3, 0.4) is 0 Å². The Labute approximate surface area is 90.6 Å². The Hall–Kier alpha value is -1.81. The molecule has 0 spiro atoms. The lowest BCUT2D eigenvalue weighted by Gasteiger charge is -1.97. The fraction of sp³-hybridized carbons (Fsp3) is 0. The van der Waals surface area contributed by atoms with Gasteiger partial charge < -0.3 is 9.52 Å². The van der Waals surface area contributed by atoms with Crippen molar-refractivity contribution >= 4 is 29.3 Å². The topological polar surface area (TPSA) is 67.5 Å². The van der Waals surface area contributed by atoms with Crippen LogP contribution in [-0.4, -0.2) is 11.1 Å². The zero-order chi connectivity index (χ0) is 10.1. The van der Waals surface area contributed by atoms with E-state index in [0.717, 1.165) is 6.07 Å². The summed E-state index contributed by atoms with van der Waals surface area (Å²) in [7, 11) is 0. The molecule has 2 rings (SSSR count). The number of carbonyl (C=O) groups is 1. The van der Waals surface area contributed by atoms with E-state index in [9.17, 15) is 9.59 Å². The summed E-state index contributed by atoms with van der Waals surface area (Å²) < 4.78 is 5.00. The minimum Gasteiger partial charge on any atom is -0.475 e. The van der Waals surface area contributed by atoms with E-state index < -0.39 is 5.97 Å². The van der Waals surface area contributed by atoms with Crippen molar-refractivity contribution in [2.24, 2.45) is 0 Å². The molecule has 0 aliphatic carbocycles. The second-order valence-corrected chi connectivity index (χ2v) is 2.78. The SMILES string of the molecule is Cl.O=C(O)c1cc(=O)c2ccccc2o1. The molecule has 0 amide bonds. The molecule has 0 aliphatic heterocycles. The van der Waals surface area contributed by atoms with Crippen molar-refractivity contribution in [2.75, 3.05) is 0 Å². The molecular weight excluding hydrogens is 220 g/mol. The molecule has 0 saturated carbocycles. The third kappa shape index (κ3) is 1.99. The van der Waals surface area contributed by atoms with Crippen LogP contribution in [0.15, 0.2) is 39.5 Å². The lowest BCUT2D eigenvalue weighted by molar-refractivity contribution is 0.0663. The Balaban J connectivity index is 0.00000112. The van der Waals surface area contributed by atoms with Gasteiger partial charge in [-0.05, 0) is 12.1 Å². The minimum atomic E-state index is -1.24. The van der Waals surface area contributed by atoms with Crippen molar-refractivity contribution in [2.45, 2.75) is 0 Å². The van der Waals surface area contributed by atoms with Crippen LogP contribution in [0.4, 0.5) is 0 Å². The number of rotatable bonds is 1. The van der Waals surface area contributed by atoms with Gasteiger partial charge in [0.05, 0.1) is 5.39 Å². The second-order valence-electron chi connectivity index (χ2n) is 2.78. The molecule has 0 bridgehead atoms. The number of aromatic carboxylic acids is 1. The summed E-state index contributed by atoms with van der Waals surface area (Å²) >= 11 is 0. The number of para-hydroxylation sites is 1. The number of hydrogen-bond acceptors (Lipinski definition) is 3. The van der Waals surface area contributed by atoms with E-state index in [1.54, 1.807) is 24.3 Å². The molecule has 0 radical (unpaired) electrons. The van der Waals surface area contributed by atoms with Gasteiger partial charge in [-0.15, -0.1) is 12.4 Å². The quantitative estimate of drug-likeness (QED) is 0.807. The molecule has 4 nitrogen and oxygen atoms in total. The Kier molecular flexibility index (Phi) is 3.11. The van der Waals surface area contributed by atoms with Crippen LogP contribution in [0.5, 0.6) is 0 Å². The highest BCUT2D eigenvalue weighted by Crippen LogP contribution is 2.11. The number of fused-ring (bicyclic) bond motifs is 1. The predicted octanol–water partition coefficient (Wildman–Crippen LogP) is 1.91. The van der Waals surface area contributed by atoms with Crippen LogP contribution in [0.2, 0.25) is 0 Å². The molecule has 1 aromatic heterocycles. The minimum absolute atomic E-state index is 0. The standard InChI is InChI=1S/C10H6O4.ClH/c11-7-5-9(10(12)13)14-8-4-2-1-3-6(7)8;/h1-5H,(H,12,13);1H. The zero-order valence-corrected chi connectivity index (χ0v) is 8.28. The molecule has 1 aromatic carbocycles. The van der Waals surface area contributed by atoms with E-state index in [4.69, 9.17) is 9.52 Å². The molecule has 0 saturated heterocycles. The van der Waals surface area contributed by atoms with Gasteiger partial charge in [-0.3, -0.25) is 4.79 Å². The van der Waals surface area contributed by atoms with Gasteiger partial charge in [0, 0.05) is 6.07 Å². The largest absolute Gasteiger partial charge is 0.475 e. The van der Waals surface area contributed by atoms with E-state index in [1.807, 2.05) is 0 Å². The van der Waals surface area contributed by atoms with Crippen LogP contribution in [0.25, 0.3) is 11.0 Å². The Morgan fingerprint density at radius 3 is 2.60 bits per heavy atom. The molecule has 15 heavy (non-hydrogen) atoms. The third-order valence-corrected chi connectivity index (χ3v) is 1.85. The van der Waals surface area contributed by atoms with Gasteiger partial charge in [-0.1, -0.05) is 12.1 Å². The first-order valence-corrected chi connectivity index (χ1v) is 3.94. The number of hydrogen-bond donors (Lipinski definition) is 1. The average molecular weight is 227 g/mol. The van der Waals surface area contributed by atoms with Crippen LogP contribution in [-0.2, 0) is 0 Å². The number of carboxylic acid groups (broad SMARTS) is 1. The van der Waals surface area contributed by atoms with Gasteiger partial charge in [0.2, 0.25) is 5.76 Å². The first-order chi connectivity index (χ1) is 6.68. The summed E-state index contributed by atoms with van der Waals surface area (Å²) in [6, 6.07) is 7.50. The summed E-state index contributed by atoms with van der Waals surface area (Å²) in [5.74, 6) is -1.58. The van der Waals surface area contributed by atoms with Crippen molar-refractivity contribution in [3.63, 3.8) is 0 Å². The van der Waals surface area contributed by atoms with Crippen LogP contribution >= 0.6 is 12.4 Å². The van der Waals surface area contributed by atoms with Crippen molar-refractivity contribution in [3.05, 3.63) is 46.3 Å². The summed E-state index contributed by atoms with van der Waals surface area (Å²) in [5, 5.41) is 9.02. The van der Waals surface area contributed by atoms with E-state index in [-0.39, 0.29) is 29.2 Å². The maximum atomic E-state index is 11.4. The maximum absolute atomic E-state index is 11.4. The zero-order valence-electron chi connectivity index (χ0n) is 7.47. The van der Waals surface area contributed by atoms with E-state index in [2.05, 4.69) is 0 Å². The molecule has 0 aliphatic rings. The number of carboxylic acids is 1. The van der Waals surface area contributed by atoms with Crippen molar-refractivity contribution in [1.29, 1.82) is 0 Å². The van der Waals surface area contributed by atoms with Crippen LogP contribution < -0.4 is 5.43 Å². The normalized spacial score (nSPS) is 9.60. The Morgan fingerprint density at radius 2 is 1.93 bits per heavy atom. The van der Waals surface area contributed by atoms with E-state index in [0.29, 0.717) is 5.39 Å². The molecule has 0 atom stereocenters. The van der Waals surface area contributed by atoms with Gasteiger partial charge in [0.25, 0.3) is 0 Å². The fourth-order valence-electron chi connectivity index (χ4n) is 1.21. The van der Waals surface area contributed by atoms with Gasteiger partial charge in [0.1, 0.15) is 5.58 Å². The molecule has 5 heteroatoms. The van der Waals surface area contributed by atoms with Crippen LogP contribution in [0, 0.1) is 0 Å². The Morgan fingerprint density at radius 1 is 1.27 bits per heavy atom. The predicted molar refractivity (Wildman–Crippen MR) is 56.7 cm³/mol.